The van der Waals surface area contributed by atoms with Crippen molar-refractivity contribution in [2.75, 3.05) is 19.8 Å². The van der Waals surface area contributed by atoms with Crippen molar-refractivity contribution >= 4 is 0 Å². The molecule has 5 nitrogen and oxygen atoms in total. The molecule has 0 fully saturated rings. The summed E-state index contributed by atoms with van der Waals surface area (Å²) in [6, 6.07) is 6.25. The Hall–Kier alpha value is -2.01. The normalized spacial score (nSPS) is 17.4. The summed E-state index contributed by atoms with van der Waals surface area (Å²) in [5, 5.41) is 0. The molecule has 0 amide bonds. The number of aryl methyl sites for hydroxylation is 1. The molecule has 0 atom stereocenters. The van der Waals surface area contributed by atoms with E-state index in [4.69, 9.17) is 9.47 Å². The summed E-state index contributed by atoms with van der Waals surface area (Å²) in [7, 11) is 0. The van der Waals surface area contributed by atoms with Crippen molar-refractivity contribution in [2.45, 2.75) is 33.5 Å². The number of hydrogen-bond donors (Lipinski definition) is 0. The highest BCUT2D eigenvalue weighted by molar-refractivity contribution is 5.43. The van der Waals surface area contributed by atoms with Crippen LogP contribution in [0.4, 0.5) is 0 Å². The Labute approximate surface area is 130 Å². The van der Waals surface area contributed by atoms with Crippen LogP contribution >= 0.6 is 0 Å². The molecule has 0 saturated carbocycles. The van der Waals surface area contributed by atoms with E-state index in [2.05, 4.69) is 40.4 Å². The Morgan fingerprint density at radius 1 is 1.09 bits per heavy atom. The van der Waals surface area contributed by atoms with Crippen molar-refractivity contribution in [1.82, 2.24) is 14.5 Å². The standard InChI is InChI=1S/C17H21N3O2/c1-12-13(2)20-6-5-19(11-17(20)18-12)10-14-3-4-15-16(9-14)22-8-7-21-15/h3-4,9H,5-8,10-11H2,1-2H3. The van der Waals surface area contributed by atoms with Gasteiger partial charge in [-0.3, -0.25) is 4.90 Å². The summed E-state index contributed by atoms with van der Waals surface area (Å²) in [5.41, 5.74) is 3.71. The molecule has 22 heavy (non-hydrogen) atoms. The van der Waals surface area contributed by atoms with Crippen LogP contribution in [-0.4, -0.2) is 34.2 Å². The second kappa shape index (κ2) is 5.32. The lowest BCUT2D eigenvalue weighted by molar-refractivity contribution is 0.170. The first kappa shape index (κ1) is 13.6. The second-order valence-corrected chi connectivity index (χ2v) is 6.04. The Balaban J connectivity index is 1.50. The molecule has 5 heteroatoms. The topological polar surface area (TPSA) is 39.5 Å². The lowest BCUT2D eigenvalue weighted by Crippen LogP contribution is -2.33. The number of ether oxygens (including phenoxy) is 2. The molecule has 0 saturated heterocycles. The maximum atomic E-state index is 5.67. The van der Waals surface area contributed by atoms with Crippen LogP contribution in [0, 0.1) is 13.8 Å². The molecular formula is C17H21N3O2. The van der Waals surface area contributed by atoms with E-state index in [0.717, 1.165) is 43.4 Å². The van der Waals surface area contributed by atoms with Gasteiger partial charge in [-0.25, -0.2) is 4.98 Å². The molecule has 1 aromatic heterocycles. The third-order valence-corrected chi connectivity index (χ3v) is 4.55. The van der Waals surface area contributed by atoms with Gasteiger partial charge >= 0.3 is 0 Å². The van der Waals surface area contributed by atoms with Crippen LogP contribution in [0.2, 0.25) is 0 Å². The second-order valence-electron chi connectivity index (χ2n) is 6.04. The molecule has 4 rings (SSSR count). The molecule has 0 bridgehead atoms. The van der Waals surface area contributed by atoms with E-state index in [1.807, 2.05) is 6.07 Å². The van der Waals surface area contributed by atoms with E-state index in [1.165, 1.54) is 17.1 Å². The lowest BCUT2D eigenvalue weighted by Gasteiger charge is -2.28. The molecule has 1 aromatic carbocycles. The summed E-state index contributed by atoms with van der Waals surface area (Å²) in [6.45, 7) is 9.42. The summed E-state index contributed by atoms with van der Waals surface area (Å²) in [4.78, 5) is 7.13. The molecule has 2 aliphatic rings. The van der Waals surface area contributed by atoms with E-state index >= 15 is 0 Å². The van der Waals surface area contributed by atoms with Crippen molar-refractivity contribution < 1.29 is 9.47 Å². The van der Waals surface area contributed by atoms with Gasteiger partial charge in [0.25, 0.3) is 0 Å². The first-order valence-corrected chi connectivity index (χ1v) is 7.84. The van der Waals surface area contributed by atoms with Crippen LogP contribution in [-0.2, 0) is 19.6 Å². The quantitative estimate of drug-likeness (QED) is 0.853. The monoisotopic (exact) mass is 299 g/mol. The van der Waals surface area contributed by atoms with Gasteiger partial charge in [0, 0.05) is 25.3 Å². The Kier molecular flexibility index (Phi) is 3.30. The summed E-state index contributed by atoms with van der Waals surface area (Å²) in [5.74, 6) is 2.91. The van der Waals surface area contributed by atoms with Gasteiger partial charge in [-0.15, -0.1) is 0 Å². The molecule has 0 spiro atoms. The molecule has 0 aliphatic carbocycles. The number of fused-ring (bicyclic) bond motifs is 2. The van der Waals surface area contributed by atoms with E-state index in [-0.39, 0.29) is 0 Å². The fourth-order valence-corrected chi connectivity index (χ4v) is 3.24. The maximum absolute atomic E-state index is 5.67. The largest absolute Gasteiger partial charge is 0.486 e. The third kappa shape index (κ3) is 2.35. The van der Waals surface area contributed by atoms with Gasteiger partial charge in [-0.05, 0) is 31.5 Å². The van der Waals surface area contributed by atoms with E-state index in [0.29, 0.717) is 13.2 Å². The third-order valence-electron chi connectivity index (χ3n) is 4.55. The van der Waals surface area contributed by atoms with E-state index < -0.39 is 0 Å². The highest BCUT2D eigenvalue weighted by Crippen LogP contribution is 2.31. The predicted molar refractivity (Wildman–Crippen MR) is 83.2 cm³/mol. The first-order chi connectivity index (χ1) is 10.7. The molecule has 3 heterocycles. The fraction of sp³-hybridized carbons (Fsp3) is 0.471. The van der Waals surface area contributed by atoms with Crippen molar-refractivity contribution in [1.29, 1.82) is 0 Å². The first-order valence-electron chi connectivity index (χ1n) is 7.84. The van der Waals surface area contributed by atoms with Gasteiger partial charge < -0.3 is 14.0 Å². The molecule has 0 radical (unpaired) electrons. The van der Waals surface area contributed by atoms with Crippen molar-refractivity contribution in [3.05, 3.63) is 41.0 Å². The zero-order chi connectivity index (χ0) is 15.1. The number of nitrogens with zero attached hydrogens (tertiary/aromatic N) is 3. The van der Waals surface area contributed by atoms with Gasteiger partial charge in [-0.2, -0.15) is 0 Å². The van der Waals surface area contributed by atoms with Crippen LogP contribution in [0.5, 0.6) is 11.5 Å². The highest BCUT2D eigenvalue weighted by atomic mass is 16.6. The average molecular weight is 299 g/mol. The van der Waals surface area contributed by atoms with Gasteiger partial charge in [-0.1, -0.05) is 6.07 Å². The number of rotatable bonds is 2. The number of hydrogen-bond acceptors (Lipinski definition) is 4. The molecule has 2 aromatic rings. The fourth-order valence-electron chi connectivity index (χ4n) is 3.24. The predicted octanol–water partition coefficient (Wildman–Crippen LogP) is 2.29. The molecule has 2 aliphatic heterocycles. The number of aromatic nitrogens is 2. The van der Waals surface area contributed by atoms with Crippen LogP contribution in [0.3, 0.4) is 0 Å². The summed E-state index contributed by atoms with van der Waals surface area (Å²) in [6.07, 6.45) is 0. The van der Waals surface area contributed by atoms with Gasteiger partial charge in [0.15, 0.2) is 11.5 Å². The number of benzene rings is 1. The van der Waals surface area contributed by atoms with Gasteiger partial charge in [0.05, 0.1) is 12.2 Å². The molecule has 116 valence electrons. The zero-order valence-corrected chi connectivity index (χ0v) is 13.1. The van der Waals surface area contributed by atoms with E-state index in [1.54, 1.807) is 0 Å². The van der Waals surface area contributed by atoms with Crippen LogP contribution in [0.1, 0.15) is 22.8 Å². The van der Waals surface area contributed by atoms with Gasteiger partial charge in [0.2, 0.25) is 0 Å². The lowest BCUT2D eigenvalue weighted by atomic mass is 10.1. The smallest absolute Gasteiger partial charge is 0.161 e. The van der Waals surface area contributed by atoms with Crippen molar-refractivity contribution in [3.8, 4) is 11.5 Å². The summed E-state index contributed by atoms with van der Waals surface area (Å²) < 4.78 is 13.6. The Bertz CT molecular complexity index is 708. The van der Waals surface area contributed by atoms with Crippen LogP contribution in [0.15, 0.2) is 18.2 Å². The summed E-state index contributed by atoms with van der Waals surface area (Å²) >= 11 is 0. The minimum atomic E-state index is 0.635. The van der Waals surface area contributed by atoms with E-state index in [9.17, 15) is 0 Å². The Morgan fingerprint density at radius 3 is 2.77 bits per heavy atom. The SMILES string of the molecule is Cc1nc2n(c1C)CCN(Cc1ccc3c(c1)OCCO3)C2. The van der Waals surface area contributed by atoms with Crippen molar-refractivity contribution in [3.63, 3.8) is 0 Å². The zero-order valence-electron chi connectivity index (χ0n) is 13.1. The molecule has 0 unspecified atom stereocenters. The van der Waals surface area contributed by atoms with Crippen molar-refractivity contribution in [2.24, 2.45) is 0 Å². The minimum absolute atomic E-state index is 0.635. The molecule has 0 N–H and O–H groups in total. The average Bonchev–Trinajstić information content (AvgIpc) is 2.81. The maximum Gasteiger partial charge on any atom is 0.161 e. The van der Waals surface area contributed by atoms with Crippen LogP contribution < -0.4 is 9.47 Å². The van der Waals surface area contributed by atoms with Gasteiger partial charge in [0.1, 0.15) is 19.0 Å². The van der Waals surface area contributed by atoms with Crippen LogP contribution in [0.25, 0.3) is 0 Å². The minimum Gasteiger partial charge on any atom is -0.486 e. The molecular weight excluding hydrogens is 278 g/mol. The number of imidazole rings is 1. The highest BCUT2D eigenvalue weighted by Gasteiger charge is 2.21. The Morgan fingerprint density at radius 2 is 1.91 bits per heavy atom.